The Kier molecular flexibility index (Phi) is 2.41. The molecule has 0 aliphatic carbocycles. The maximum absolute atomic E-state index is 11.7. The van der Waals surface area contributed by atoms with Gasteiger partial charge in [-0.3, -0.25) is 0 Å². The summed E-state index contributed by atoms with van der Waals surface area (Å²) < 4.78 is 16.0. The van der Waals surface area contributed by atoms with Crippen LogP contribution in [0.15, 0.2) is 34.9 Å². The smallest absolute Gasteiger partial charge is 0.338 e. The minimum absolute atomic E-state index is 0.315. The van der Waals surface area contributed by atoms with E-state index in [1.807, 2.05) is 31.2 Å². The number of epoxide rings is 1. The van der Waals surface area contributed by atoms with E-state index >= 15 is 0 Å². The average molecular weight is 246 g/mol. The lowest BCUT2D eigenvalue weighted by Gasteiger charge is -2.03. The van der Waals surface area contributed by atoms with Crippen LogP contribution in [0.4, 0.5) is 0 Å². The Morgan fingerprint density at radius 3 is 3.00 bits per heavy atom. The molecule has 3 rings (SSSR count). The molecule has 1 saturated heterocycles. The highest BCUT2D eigenvalue weighted by molar-refractivity contribution is 5.86. The highest BCUT2D eigenvalue weighted by Gasteiger charge is 2.60. The van der Waals surface area contributed by atoms with E-state index in [0.29, 0.717) is 6.61 Å². The first-order valence-corrected chi connectivity index (χ1v) is 5.98. The molecule has 2 aromatic rings. The number of carbonyl (C=O) groups excluding carboxylic acids is 1. The normalized spacial score (nSPS) is 26.2. The largest absolute Gasteiger partial charge is 0.464 e. The predicted molar refractivity (Wildman–Crippen MR) is 65.1 cm³/mol. The minimum Gasteiger partial charge on any atom is -0.464 e. The van der Waals surface area contributed by atoms with Gasteiger partial charge in [-0.25, -0.2) is 4.79 Å². The Labute approximate surface area is 104 Å². The average Bonchev–Trinajstić information content (AvgIpc) is 2.88. The van der Waals surface area contributed by atoms with Crippen LogP contribution in [0, 0.1) is 0 Å². The van der Waals surface area contributed by atoms with E-state index in [1.54, 1.807) is 13.2 Å². The van der Waals surface area contributed by atoms with Crippen molar-refractivity contribution >= 4 is 16.9 Å². The summed E-state index contributed by atoms with van der Waals surface area (Å²) in [5.41, 5.74) is 1.07. The summed E-state index contributed by atoms with van der Waals surface area (Å²) in [6, 6.07) is 7.70. The van der Waals surface area contributed by atoms with Crippen molar-refractivity contribution in [2.45, 2.75) is 25.6 Å². The van der Waals surface area contributed by atoms with E-state index in [4.69, 9.17) is 13.9 Å². The molecule has 1 aliphatic rings. The molecule has 0 bridgehead atoms. The van der Waals surface area contributed by atoms with Crippen molar-refractivity contribution in [1.82, 2.24) is 0 Å². The Bertz CT molecular complexity index is 601. The molecule has 0 radical (unpaired) electrons. The Morgan fingerprint density at radius 1 is 1.44 bits per heavy atom. The molecule has 1 aliphatic heterocycles. The Balaban J connectivity index is 1.94. The summed E-state index contributed by atoms with van der Waals surface area (Å²) in [5, 5.41) is 0.979. The number of esters is 1. The minimum atomic E-state index is -0.626. The summed E-state index contributed by atoms with van der Waals surface area (Å²) in [6.07, 6.45) is 1.13. The molecule has 1 aromatic carbocycles. The van der Waals surface area contributed by atoms with Crippen LogP contribution in [0.3, 0.4) is 0 Å². The van der Waals surface area contributed by atoms with Crippen LogP contribution in [0.25, 0.3) is 11.0 Å². The summed E-state index contributed by atoms with van der Waals surface area (Å²) in [7, 11) is 0. The molecule has 2 atom stereocenters. The van der Waals surface area contributed by atoms with Crippen molar-refractivity contribution in [2.75, 3.05) is 6.61 Å². The van der Waals surface area contributed by atoms with Crippen molar-refractivity contribution < 1.29 is 18.7 Å². The van der Waals surface area contributed by atoms with Gasteiger partial charge in [-0.05, 0) is 19.9 Å². The molecule has 1 fully saturated rings. The van der Waals surface area contributed by atoms with Gasteiger partial charge in [-0.1, -0.05) is 18.2 Å². The fraction of sp³-hybridized carbons (Fsp3) is 0.357. The van der Waals surface area contributed by atoms with E-state index < -0.39 is 11.7 Å². The van der Waals surface area contributed by atoms with Crippen molar-refractivity contribution in [3.63, 3.8) is 0 Å². The molecule has 0 amide bonds. The molecule has 4 nitrogen and oxygen atoms in total. The number of ether oxygens (including phenoxy) is 2. The zero-order chi connectivity index (χ0) is 12.8. The van der Waals surface area contributed by atoms with Crippen molar-refractivity contribution in [2.24, 2.45) is 0 Å². The second-order valence-electron chi connectivity index (χ2n) is 4.50. The summed E-state index contributed by atoms with van der Waals surface area (Å²) >= 11 is 0. The van der Waals surface area contributed by atoms with Gasteiger partial charge in [-0.2, -0.15) is 0 Å². The first kappa shape index (κ1) is 11.3. The van der Waals surface area contributed by atoms with Crippen molar-refractivity contribution in [3.05, 3.63) is 36.1 Å². The van der Waals surface area contributed by atoms with Gasteiger partial charge >= 0.3 is 5.97 Å². The number of fused-ring (bicyclic) bond motifs is 1. The van der Waals surface area contributed by atoms with Crippen LogP contribution < -0.4 is 0 Å². The van der Waals surface area contributed by atoms with Crippen LogP contribution in [0.5, 0.6) is 0 Å². The van der Waals surface area contributed by atoms with Crippen LogP contribution in [0.1, 0.15) is 19.4 Å². The fourth-order valence-corrected chi connectivity index (χ4v) is 2.27. The lowest BCUT2D eigenvalue weighted by molar-refractivity contribution is -0.144. The molecule has 4 heteroatoms. The zero-order valence-electron chi connectivity index (χ0n) is 10.3. The zero-order valence-corrected chi connectivity index (χ0v) is 10.3. The van der Waals surface area contributed by atoms with Gasteiger partial charge in [-0.15, -0.1) is 0 Å². The molecule has 94 valence electrons. The Hall–Kier alpha value is -1.81. The number of hydrogen-bond acceptors (Lipinski definition) is 4. The molecular formula is C14H14O4. The molecule has 18 heavy (non-hydrogen) atoms. The Morgan fingerprint density at radius 2 is 2.22 bits per heavy atom. The highest BCUT2D eigenvalue weighted by atomic mass is 16.7. The van der Waals surface area contributed by atoms with Crippen molar-refractivity contribution in [1.29, 1.82) is 0 Å². The third-order valence-corrected chi connectivity index (χ3v) is 3.32. The van der Waals surface area contributed by atoms with Crippen LogP contribution >= 0.6 is 0 Å². The first-order valence-electron chi connectivity index (χ1n) is 5.98. The maximum Gasteiger partial charge on any atom is 0.338 e. The molecule has 1 aromatic heterocycles. The number of para-hydroxylation sites is 1. The van der Waals surface area contributed by atoms with Gasteiger partial charge < -0.3 is 13.9 Å². The van der Waals surface area contributed by atoms with Gasteiger partial charge in [0, 0.05) is 10.9 Å². The molecule has 0 N–H and O–H groups in total. The standard InChI is InChI=1S/C14H14O4/c1-3-16-13(15)12-14(2,18-12)10-8-17-11-7-5-4-6-9(10)11/h4-8,12H,3H2,1-2H3. The SMILES string of the molecule is CCOC(=O)C1OC1(C)c1coc2ccccc12. The van der Waals surface area contributed by atoms with Crippen LogP contribution in [-0.2, 0) is 19.9 Å². The van der Waals surface area contributed by atoms with E-state index in [0.717, 1.165) is 16.5 Å². The third kappa shape index (κ3) is 1.53. The quantitative estimate of drug-likeness (QED) is 0.617. The van der Waals surface area contributed by atoms with E-state index in [9.17, 15) is 4.79 Å². The molecule has 0 spiro atoms. The van der Waals surface area contributed by atoms with Crippen molar-refractivity contribution in [3.8, 4) is 0 Å². The van der Waals surface area contributed by atoms with E-state index in [-0.39, 0.29) is 5.97 Å². The number of furan rings is 1. The maximum atomic E-state index is 11.7. The van der Waals surface area contributed by atoms with Gasteiger partial charge in [0.2, 0.25) is 0 Å². The van der Waals surface area contributed by atoms with E-state index in [2.05, 4.69) is 0 Å². The van der Waals surface area contributed by atoms with Gasteiger partial charge in [0.15, 0.2) is 6.10 Å². The number of hydrogen-bond donors (Lipinski definition) is 0. The van der Waals surface area contributed by atoms with E-state index in [1.165, 1.54) is 0 Å². The van der Waals surface area contributed by atoms with Gasteiger partial charge in [0.05, 0.1) is 12.9 Å². The lowest BCUT2D eigenvalue weighted by atomic mass is 9.97. The molecular weight excluding hydrogens is 232 g/mol. The third-order valence-electron chi connectivity index (χ3n) is 3.32. The summed E-state index contributed by atoms with van der Waals surface area (Å²) in [4.78, 5) is 11.7. The topological polar surface area (TPSA) is 52.0 Å². The van der Waals surface area contributed by atoms with Crippen LogP contribution in [-0.4, -0.2) is 18.7 Å². The number of carbonyl (C=O) groups is 1. The predicted octanol–water partition coefficient (Wildman–Crippen LogP) is 2.61. The first-order chi connectivity index (χ1) is 8.66. The number of rotatable bonds is 3. The van der Waals surface area contributed by atoms with Gasteiger partial charge in [0.1, 0.15) is 11.2 Å². The van der Waals surface area contributed by atoms with Crippen LogP contribution in [0.2, 0.25) is 0 Å². The fourth-order valence-electron chi connectivity index (χ4n) is 2.27. The second-order valence-corrected chi connectivity index (χ2v) is 4.50. The molecule has 2 heterocycles. The summed E-state index contributed by atoms with van der Waals surface area (Å²) in [5.74, 6) is -0.315. The van der Waals surface area contributed by atoms with Gasteiger partial charge in [0.25, 0.3) is 0 Å². The summed E-state index contributed by atoms with van der Waals surface area (Å²) in [6.45, 7) is 4.03. The molecule has 0 saturated carbocycles. The monoisotopic (exact) mass is 246 g/mol. The second kappa shape index (κ2) is 3.85. The lowest BCUT2D eigenvalue weighted by Crippen LogP contribution is -2.18. The highest BCUT2D eigenvalue weighted by Crippen LogP contribution is 2.49. The molecule has 2 unspecified atom stereocenters. The number of benzene rings is 1.